The Bertz CT molecular complexity index is 334. The third-order valence-electron chi connectivity index (χ3n) is 7.39. The molecular formula is C20H34. The van der Waals surface area contributed by atoms with E-state index in [-0.39, 0.29) is 0 Å². The van der Waals surface area contributed by atoms with E-state index >= 15 is 0 Å². The van der Waals surface area contributed by atoms with Crippen LogP contribution in [0.4, 0.5) is 0 Å². The van der Waals surface area contributed by atoms with Gasteiger partial charge >= 0.3 is 0 Å². The van der Waals surface area contributed by atoms with Crippen molar-refractivity contribution < 1.29 is 0 Å². The fourth-order valence-corrected chi connectivity index (χ4v) is 6.26. The van der Waals surface area contributed by atoms with Gasteiger partial charge in [0.25, 0.3) is 0 Å². The zero-order valence-electron chi connectivity index (χ0n) is 13.7. The summed E-state index contributed by atoms with van der Waals surface area (Å²) in [6.07, 6.45) is 17.0. The molecule has 0 amide bonds. The normalized spacial score (nSPS) is 38.9. The van der Waals surface area contributed by atoms with Gasteiger partial charge in [0.1, 0.15) is 0 Å². The van der Waals surface area contributed by atoms with E-state index < -0.39 is 0 Å². The van der Waals surface area contributed by atoms with Crippen LogP contribution in [0.5, 0.6) is 0 Å². The summed E-state index contributed by atoms with van der Waals surface area (Å²) < 4.78 is 0. The second-order valence-corrected chi connectivity index (χ2v) is 8.54. The highest BCUT2D eigenvalue weighted by molar-refractivity contribution is 5.01. The minimum atomic E-state index is 0.590. The molecule has 0 heterocycles. The summed E-state index contributed by atoms with van der Waals surface area (Å²) in [7, 11) is 0. The molecule has 3 saturated carbocycles. The smallest absolute Gasteiger partial charge is 0.0295 e. The molecule has 0 heteroatoms. The van der Waals surface area contributed by atoms with Crippen LogP contribution in [-0.2, 0) is 0 Å². The van der Waals surface area contributed by atoms with Gasteiger partial charge in [-0.05, 0) is 73.5 Å². The Kier molecular flexibility index (Phi) is 4.29. The summed E-state index contributed by atoms with van der Waals surface area (Å²) in [4.78, 5) is 0. The van der Waals surface area contributed by atoms with Crippen molar-refractivity contribution in [3.05, 3.63) is 12.7 Å². The van der Waals surface area contributed by atoms with Crippen LogP contribution < -0.4 is 0 Å². The molecule has 0 aromatic heterocycles. The molecule has 4 unspecified atom stereocenters. The van der Waals surface area contributed by atoms with E-state index in [4.69, 9.17) is 0 Å². The van der Waals surface area contributed by atoms with Gasteiger partial charge in [0, 0.05) is 0 Å². The third-order valence-corrected chi connectivity index (χ3v) is 7.39. The van der Waals surface area contributed by atoms with Crippen LogP contribution in [0, 0.1) is 35.0 Å². The van der Waals surface area contributed by atoms with Crippen LogP contribution in [0.3, 0.4) is 0 Å². The minimum Gasteiger partial charge on any atom is -0.103 e. The maximum absolute atomic E-state index is 4.03. The Morgan fingerprint density at radius 1 is 0.950 bits per heavy atom. The predicted molar refractivity (Wildman–Crippen MR) is 87.6 cm³/mol. The van der Waals surface area contributed by atoms with E-state index in [0.29, 0.717) is 5.41 Å². The predicted octanol–water partition coefficient (Wildman–Crippen LogP) is 6.22. The minimum absolute atomic E-state index is 0.590. The van der Waals surface area contributed by atoms with Crippen molar-refractivity contribution >= 4 is 0 Å². The highest BCUT2D eigenvalue weighted by Gasteiger charge is 2.51. The van der Waals surface area contributed by atoms with Gasteiger partial charge < -0.3 is 0 Å². The van der Waals surface area contributed by atoms with Crippen molar-refractivity contribution in [2.75, 3.05) is 0 Å². The van der Waals surface area contributed by atoms with Crippen LogP contribution in [0.2, 0.25) is 0 Å². The quantitative estimate of drug-likeness (QED) is 0.534. The largest absolute Gasteiger partial charge is 0.103 e. The third kappa shape index (κ3) is 2.48. The summed E-state index contributed by atoms with van der Waals surface area (Å²) >= 11 is 0. The molecule has 0 spiro atoms. The number of hydrogen-bond donors (Lipinski definition) is 0. The lowest BCUT2D eigenvalue weighted by Crippen LogP contribution is -2.35. The van der Waals surface area contributed by atoms with Gasteiger partial charge in [0.15, 0.2) is 0 Å². The van der Waals surface area contributed by atoms with Crippen molar-refractivity contribution in [3.63, 3.8) is 0 Å². The zero-order chi connectivity index (χ0) is 14.2. The highest BCUT2D eigenvalue weighted by Crippen LogP contribution is 2.59. The molecule has 4 atom stereocenters. The maximum Gasteiger partial charge on any atom is -0.0295 e. The summed E-state index contributed by atoms with van der Waals surface area (Å²) in [5.74, 6) is 5.05. The molecule has 3 aliphatic rings. The SMILES string of the molecule is C=CCC1CC(C(C)(C)C2CCCC2)C2CCCCC12. The van der Waals surface area contributed by atoms with E-state index in [1.54, 1.807) is 0 Å². The second kappa shape index (κ2) is 5.85. The molecule has 20 heavy (non-hydrogen) atoms. The van der Waals surface area contributed by atoms with Crippen molar-refractivity contribution in [1.29, 1.82) is 0 Å². The fraction of sp³-hybridized carbons (Fsp3) is 0.900. The first-order valence-electron chi connectivity index (χ1n) is 9.25. The molecule has 114 valence electrons. The standard InChI is InChI=1S/C20H34/c1-4-9-15-14-19(18-13-8-7-12-17(15)18)20(2,3)16-10-5-6-11-16/h4,15-19H,1,5-14H2,2-3H3. The van der Waals surface area contributed by atoms with Crippen molar-refractivity contribution in [1.82, 2.24) is 0 Å². The molecule has 3 fully saturated rings. The lowest BCUT2D eigenvalue weighted by molar-refractivity contribution is 0.0624. The highest BCUT2D eigenvalue weighted by atomic mass is 14.6. The first-order valence-corrected chi connectivity index (χ1v) is 9.25. The van der Waals surface area contributed by atoms with Crippen LogP contribution in [-0.4, -0.2) is 0 Å². The zero-order valence-corrected chi connectivity index (χ0v) is 13.7. The Hall–Kier alpha value is -0.260. The number of fused-ring (bicyclic) bond motifs is 1. The van der Waals surface area contributed by atoms with Crippen molar-refractivity contribution in [3.8, 4) is 0 Å². The maximum atomic E-state index is 4.03. The van der Waals surface area contributed by atoms with E-state index in [1.165, 1.54) is 64.2 Å². The molecule has 0 nitrogen and oxygen atoms in total. The number of rotatable bonds is 4. The molecular weight excluding hydrogens is 240 g/mol. The molecule has 0 N–H and O–H groups in total. The summed E-state index contributed by atoms with van der Waals surface area (Å²) in [6, 6.07) is 0. The Morgan fingerprint density at radius 2 is 1.55 bits per heavy atom. The van der Waals surface area contributed by atoms with E-state index in [1.807, 2.05) is 0 Å². The van der Waals surface area contributed by atoms with Crippen LogP contribution in [0.15, 0.2) is 12.7 Å². The first kappa shape index (κ1) is 14.7. The lowest BCUT2D eigenvalue weighted by Gasteiger charge is -2.43. The monoisotopic (exact) mass is 274 g/mol. The Morgan fingerprint density at radius 3 is 2.20 bits per heavy atom. The van der Waals surface area contributed by atoms with Gasteiger partial charge in [0.2, 0.25) is 0 Å². The average molecular weight is 274 g/mol. The number of hydrogen-bond acceptors (Lipinski definition) is 0. The van der Waals surface area contributed by atoms with Gasteiger partial charge in [-0.2, -0.15) is 0 Å². The average Bonchev–Trinajstić information content (AvgIpc) is 3.08. The first-order chi connectivity index (χ1) is 9.64. The van der Waals surface area contributed by atoms with Gasteiger partial charge in [0.05, 0.1) is 0 Å². The van der Waals surface area contributed by atoms with Gasteiger partial charge in [-0.25, -0.2) is 0 Å². The molecule has 0 aromatic rings. The molecule has 0 bridgehead atoms. The summed E-state index contributed by atoms with van der Waals surface area (Å²) in [6.45, 7) is 9.27. The molecule has 0 radical (unpaired) electrons. The van der Waals surface area contributed by atoms with E-state index in [2.05, 4.69) is 26.5 Å². The van der Waals surface area contributed by atoms with E-state index in [0.717, 1.165) is 29.6 Å². The molecule has 0 saturated heterocycles. The topological polar surface area (TPSA) is 0 Å². The van der Waals surface area contributed by atoms with Crippen LogP contribution in [0.1, 0.15) is 78.1 Å². The van der Waals surface area contributed by atoms with E-state index in [9.17, 15) is 0 Å². The van der Waals surface area contributed by atoms with Gasteiger partial charge in [-0.1, -0.05) is 45.6 Å². The molecule has 0 aliphatic heterocycles. The Labute approximate surface area is 126 Å². The van der Waals surface area contributed by atoms with Crippen molar-refractivity contribution in [2.24, 2.45) is 35.0 Å². The lowest BCUT2D eigenvalue weighted by atomic mass is 9.62. The molecule has 0 aromatic carbocycles. The Balaban J connectivity index is 1.79. The summed E-state index contributed by atoms with van der Waals surface area (Å²) in [5.41, 5.74) is 0.590. The fourth-order valence-electron chi connectivity index (χ4n) is 6.26. The van der Waals surface area contributed by atoms with Crippen LogP contribution in [0.25, 0.3) is 0 Å². The number of allylic oxidation sites excluding steroid dienone is 1. The molecule has 3 aliphatic carbocycles. The summed E-state index contributed by atoms with van der Waals surface area (Å²) in [5, 5.41) is 0. The van der Waals surface area contributed by atoms with Gasteiger partial charge in [-0.3, -0.25) is 0 Å². The van der Waals surface area contributed by atoms with Crippen molar-refractivity contribution in [2.45, 2.75) is 78.1 Å². The van der Waals surface area contributed by atoms with Gasteiger partial charge in [-0.15, -0.1) is 6.58 Å². The molecule has 3 rings (SSSR count). The van der Waals surface area contributed by atoms with Crippen LogP contribution >= 0.6 is 0 Å². The second-order valence-electron chi connectivity index (χ2n) is 8.54.